The molecule has 0 heterocycles. The van der Waals surface area contributed by atoms with Crippen molar-refractivity contribution in [3.8, 4) is 5.75 Å². The van der Waals surface area contributed by atoms with E-state index in [1.807, 2.05) is 0 Å². The Bertz CT molecular complexity index is 357. The first-order valence-electron chi connectivity index (χ1n) is 4.23. The summed E-state index contributed by atoms with van der Waals surface area (Å²) in [6, 6.07) is 4.24. The highest BCUT2D eigenvalue weighted by molar-refractivity contribution is 6.31. The molecule has 0 saturated carbocycles. The molecule has 0 aliphatic heterocycles. The fourth-order valence-electron chi connectivity index (χ4n) is 1.01. The second-order valence-electron chi connectivity index (χ2n) is 2.79. The van der Waals surface area contributed by atoms with E-state index in [1.54, 1.807) is 0 Å². The van der Waals surface area contributed by atoms with Crippen molar-refractivity contribution in [1.82, 2.24) is 5.32 Å². The number of halogens is 1. The maximum atomic E-state index is 11.5. The first-order chi connectivity index (χ1) is 7.15. The Morgan fingerprint density at radius 1 is 1.60 bits per heavy atom. The average Bonchev–Trinajstić information content (AvgIpc) is 2.22. The molecule has 0 unspecified atom stereocenters. The molecule has 0 spiro atoms. The number of benzene rings is 1. The molecule has 15 heavy (non-hydrogen) atoms. The summed E-state index contributed by atoms with van der Waals surface area (Å²) in [6.07, 6.45) is 0. The molecule has 0 bridgehead atoms. The van der Waals surface area contributed by atoms with E-state index in [9.17, 15) is 9.90 Å². The molecule has 0 aliphatic carbocycles. The third-order valence-electron chi connectivity index (χ3n) is 1.71. The molecular formula is C9H11ClN2O3. The molecule has 1 aromatic rings. The summed E-state index contributed by atoms with van der Waals surface area (Å²) in [5.74, 6) is 4.24. The Balaban J connectivity index is 2.68. The highest BCUT2D eigenvalue weighted by atomic mass is 35.5. The van der Waals surface area contributed by atoms with Crippen LogP contribution in [0.5, 0.6) is 5.75 Å². The van der Waals surface area contributed by atoms with Crippen molar-refractivity contribution in [3.63, 3.8) is 0 Å². The molecule has 5 nitrogen and oxygen atoms in total. The zero-order valence-corrected chi connectivity index (χ0v) is 8.62. The van der Waals surface area contributed by atoms with Crippen molar-refractivity contribution in [1.29, 1.82) is 0 Å². The quantitative estimate of drug-likeness (QED) is 0.524. The van der Waals surface area contributed by atoms with Gasteiger partial charge in [-0.05, 0) is 18.2 Å². The highest BCUT2D eigenvalue weighted by Gasteiger charge is 2.10. The van der Waals surface area contributed by atoms with Gasteiger partial charge in [0.25, 0.3) is 5.91 Å². The number of rotatable bonds is 4. The van der Waals surface area contributed by atoms with Crippen LogP contribution in [0.4, 0.5) is 0 Å². The van der Waals surface area contributed by atoms with E-state index >= 15 is 0 Å². The summed E-state index contributed by atoms with van der Waals surface area (Å²) in [5.41, 5.74) is 0.125. The Labute approximate surface area is 91.7 Å². The van der Waals surface area contributed by atoms with Crippen LogP contribution in [0.3, 0.4) is 0 Å². The molecule has 6 heteroatoms. The standard InChI is InChI=1S/C9H11ClN2O3/c10-6-1-2-8(13)7(5-6)9(14)12-3-4-15-11/h1-2,5,13H,3-4,11H2,(H,12,14). The molecule has 0 aromatic heterocycles. The van der Waals surface area contributed by atoms with Crippen LogP contribution in [0.2, 0.25) is 5.02 Å². The summed E-state index contributed by atoms with van der Waals surface area (Å²) in [6.45, 7) is 0.467. The van der Waals surface area contributed by atoms with E-state index in [0.717, 1.165) is 0 Å². The zero-order chi connectivity index (χ0) is 11.3. The third-order valence-corrected chi connectivity index (χ3v) is 1.94. The van der Waals surface area contributed by atoms with Gasteiger partial charge in [-0.3, -0.25) is 4.79 Å². The van der Waals surface area contributed by atoms with Crippen LogP contribution in [0.15, 0.2) is 18.2 Å². The van der Waals surface area contributed by atoms with Gasteiger partial charge in [0.05, 0.1) is 12.2 Å². The van der Waals surface area contributed by atoms with Gasteiger partial charge in [0.2, 0.25) is 0 Å². The van der Waals surface area contributed by atoms with E-state index in [-0.39, 0.29) is 24.5 Å². The van der Waals surface area contributed by atoms with Gasteiger partial charge in [0.1, 0.15) is 5.75 Å². The average molecular weight is 231 g/mol. The maximum Gasteiger partial charge on any atom is 0.255 e. The van der Waals surface area contributed by atoms with Crippen molar-refractivity contribution in [3.05, 3.63) is 28.8 Å². The van der Waals surface area contributed by atoms with Crippen molar-refractivity contribution in [2.24, 2.45) is 5.90 Å². The van der Waals surface area contributed by atoms with Crippen molar-refractivity contribution >= 4 is 17.5 Å². The van der Waals surface area contributed by atoms with Crippen LogP contribution in [0, 0.1) is 0 Å². The van der Waals surface area contributed by atoms with Gasteiger partial charge in [-0.2, -0.15) is 0 Å². The third kappa shape index (κ3) is 3.39. The summed E-state index contributed by atoms with van der Waals surface area (Å²) in [7, 11) is 0. The van der Waals surface area contributed by atoms with Crippen LogP contribution in [0.25, 0.3) is 0 Å². The fraction of sp³-hybridized carbons (Fsp3) is 0.222. The molecule has 1 aromatic carbocycles. The molecule has 1 rings (SSSR count). The van der Waals surface area contributed by atoms with Crippen LogP contribution in [0.1, 0.15) is 10.4 Å². The lowest BCUT2D eigenvalue weighted by atomic mass is 10.2. The minimum absolute atomic E-state index is 0.120. The second kappa shape index (κ2) is 5.55. The fourth-order valence-corrected chi connectivity index (χ4v) is 1.18. The molecule has 82 valence electrons. The van der Waals surface area contributed by atoms with E-state index in [2.05, 4.69) is 10.2 Å². The van der Waals surface area contributed by atoms with Gasteiger partial charge in [-0.25, -0.2) is 5.90 Å². The Morgan fingerprint density at radius 3 is 3.00 bits per heavy atom. The van der Waals surface area contributed by atoms with Gasteiger partial charge in [-0.1, -0.05) is 11.6 Å². The topological polar surface area (TPSA) is 84.6 Å². The molecule has 0 aliphatic rings. The number of aromatic hydroxyl groups is 1. The van der Waals surface area contributed by atoms with Gasteiger partial charge < -0.3 is 15.3 Å². The summed E-state index contributed by atoms with van der Waals surface area (Å²) in [4.78, 5) is 15.7. The predicted molar refractivity (Wildman–Crippen MR) is 55.6 cm³/mol. The number of amides is 1. The van der Waals surface area contributed by atoms with E-state index in [4.69, 9.17) is 17.5 Å². The molecule has 0 saturated heterocycles. The summed E-state index contributed by atoms with van der Waals surface area (Å²) >= 11 is 5.69. The van der Waals surface area contributed by atoms with Gasteiger partial charge in [0.15, 0.2) is 0 Å². The Morgan fingerprint density at radius 2 is 2.33 bits per heavy atom. The normalized spacial score (nSPS) is 10.0. The lowest BCUT2D eigenvalue weighted by Gasteiger charge is -2.06. The zero-order valence-electron chi connectivity index (χ0n) is 7.87. The van der Waals surface area contributed by atoms with Crippen LogP contribution >= 0.6 is 11.6 Å². The van der Waals surface area contributed by atoms with Crippen LogP contribution in [-0.2, 0) is 4.84 Å². The predicted octanol–water partition coefficient (Wildman–Crippen LogP) is 0.666. The van der Waals surface area contributed by atoms with Crippen molar-refractivity contribution < 1.29 is 14.7 Å². The molecule has 1 amide bonds. The number of phenols is 1. The van der Waals surface area contributed by atoms with Crippen LogP contribution in [-0.4, -0.2) is 24.2 Å². The number of nitrogens with two attached hydrogens (primary N) is 1. The summed E-state index contributed by atoms with van der Waals surface area (Å²) < 4.78 is 0. The molecular weight excluding hydrogens is 220 g/mol. The number of carbonyl (C=O) groups is 1. The monoisotopic (exact) mass is 230 g/mol. The first kappa shape index (κ1) is 11.8. The first-order valence-corrected chi connectivity index (χ1v) is 4.61. The molecule has 0 atom stereocenters. The number of nitrogens with one attached hydrogen (secondary N) is 1. The summed E-state index contributed by atoms with van der Waals surface area (Å²) in [5, 5.41) is 12.3. The minimum Gasteiger partial charge on any atom is -0.507 e. The second-order valence-corrected chi connectivity index (χ2v) is 3.22. The van der Waals surface area contributed by atoms with Crippen LogP contribution < -0.4 is 11.2 Å². The molecule has 0 fully saturated rings. The number of hydrogen-bond donors (Lipinski definition) is 3. The highest BCUT2D eigenvalue weighted by Crippen LogP contribution is 2.20. The smallest absolute Gasteiger partial charge is 0.255 e. The lowest BCUT2D eigenvalue weighted by Crippen LogP contribution is -2.28. The SMILES string of the molecule is NOCCNC(=O)c1cc(Cl)ccc1O. The van der Waals surface area contributed by atoms with Crippen molar-refractivity contribution in [2.75, 3.05) is 13.2 Å². The van der Waals surface area contributed by atoms with Gasteiger partial charge in [0, 0.05) is 11.6 Å². The largest absolute Gasteiger partial charge is 0.507 e. The number of phenolic OH excluding ortho intramolecular Hbond substituents is 1. The number of carbonyl (C=O) groups excluding carboxylic acids is 1. The number of hydrogen-bond acceptors (Lipinski definition) is 4. The lowest BCUT2D eigenvalue weighted by molar-refractivity contribution is 0.0914. The van der Waals surface area contributed by atoms with Gasteiger partial charge in [-0.15, -0.1) is 0 Å². The van der Waals surface area contributed by atoms with Crippen molar-refractivity contribution in [2.45, 2.75) is 0 Å². The Hall–Kier alpha value is -1.30. The minimum atomic E-state index is -0.424. The molecule has 0 radical (unpaired) electrons. The van der Waals surface area contributed by atoms with E-state index in [0.29, 0.717) is 5.02 Å². The van der Waals surface area contributed by atoms with E-state index < -0.39 is 5.91 Å². The van der Waals surface area contributed by atoms with E-state index in [1.165, 1.54) is 18.2 Å². The molecule has 4 N–H and O–H groups in total. The Kier molecular flexibility index (Phi) is 4.36. The van der Waals surface area contributed by atoms with Gasteiger partial charge >= 0.3 is 0 Å². The maximum absolute atomic E-state index is 11.5.